The van der Waals surface area contributed by atoms with Crippen LogP contribution in [0.3, 0.4) is 0 Å². The second-order valence-corrected chi connectivity index (χ2v) is 4.02. The SMILES string of the molecule is NC(=O)N(c1ccc(O)c(O)c1)c1ccc(O)c(O)c1. The molecule has 0 spiro atoms. The van der Waals surface area contributed by atoms with Crippen molar-refractivity contribution >= 4 is 17.4 Å². The van der Waals surface area contributed by atoms with Gasteiger partial charge in [-0.3, -0.25) is 4.90 Å². The van der Waals surface area contributed by atoms with Gasteiger partial charge in [0.05, 0.1) is 11.4 Å². The van der Waals surface area contributed by atoms with E-state index in [4.69, 9.17) is 5.73 Å². The van der Waals surface area contributed by atoms with Crippen LogP contribution in [0.2, 0.25) is 0 Å². The Balaban J connectivity index is 2.53. The summed E-state index contributed by atoms with van der Waals surface area (Å²) in [5, 5.41) is 37.4. The standard InChI is InChI=1S/C13H12N2O5/c14-13(20)15(7-1-3-9(16)11(18)5-7)8-2-4-10(17)12(19)6-8/h1-6,16-19H,(H2,14,20). The zero-order chi connectivity index (χ0) is 14.9. The summed E-state index contributed by atoms with van der Waals surface area (Å²) in [5.74, 6) is -1.52. The number of urea groups is 1. The van der Waals surface area contributed by atoms with E-state index in [0.29, 0.717) is 0 Å². The van der Waals surface area contributed by atoms with Gasteiger partial charge in [0.25, 0.3) is 0 Å². The van der Waals surface area contributed by atoms with Crippen molar-refractivity contribution in [2.45, 2.75) is 0 Å². The zero-order valence-electron chi connectivity index (χ0n) is 10.2. The number of carbonyl (C=O) groups is 1. The molecule has 2 aromatic rings. The summed E-state index contributed by atoms with van der Waals surface area (Å²) >= 11 is 0. The molecule has 0 unspecified atom stereocenters. The van der Waals surface area contributed by atoms with Crippen LogP contribution in [0.5, 0.6) is 23.0 Å². The smallest absolute Gasteiger partial charge is 0.323 e. The van der Waals surface area contributed by atoms with E-state index in [-0.39, 0.29) is 22.9 Å². The highest BCUT2D eigenvalue weighted by Gasteiger charge is 2.17. The Morgan fingerprint density at radius 2 is 1.20 bits per heavy atom. The summed E-state index contributed by atoms with van der Waals surface area (Å²) in [7, 11) is 0. The Bertz CT molecular complexity index is 620. The summed E-state index contributed by atoms with van der Waals surface area (Å²) in [6, 6.07) is 6.54. The van der Waals surface area contributed by atoms with Crippen LogP contribution in [0.15, 0.2) is 36.4 Å². The number of amides is 2. The van der Waals surface area contributed by atoms with Crippen LogP contribution >= 0.6 is 0 Å². The fourth-order valence-electron chi connectivity index (χ4n) is 1.71. The van der Waals surface area contributed by atoms with E-state index in [1.807, 2.05) is 0 Å². The molecule has 2 rings (SSSR count). The number of phenolic OH excluding ortho intramolecular Hbond substituents is 4. The number of anilines is 2. The maximum Gasteiger partial charge on any atom is 0.323 e. The highest BCUT2D eigenvalue weighted by Crippen LogP contribution is 2.36. The molecule has 0 bridgehead atoms. The average Bonchev–Trinajstić information content (AvgIpc) is 2.38. The fourth-order valence-corrected chi connectivity index (χ4v) is 1.71. The van der Waals surface area contributed by atoms with Crippen LogP contribution in [0.4, 0.5) is 16.2 Å². The first-order valence-electron chi connectivity index (χ1n) is 5.53. The second kappa shape index (κ2) is 4.88. The Kier molecular flexibility index (Phi) is 3.26. The molecular weight excluding hydrogens is 264 g/mol. The van der Waals surface area contributed by atoms with Gasteiger partial charge < -0.3 is 26.2 Å². The van der Waals surface area contributed by atoms with Crippen molar-refractivity contribution in [1.29, 1.82) is 0 Å². The highest BCUT2D eigenvalue weighted by molar-refractivity contribution is 5.99. The summed E-state index contributed by atoms with van der Waals surface area (Å²) < 4.78 is 0. The van der Waals surface area contributed by atoms with Crippen LogP contribution in [0.1, 0.15) is 0 Å². The molecule has 104 valence electrons. The normalized spacial score (nSPS) is 10.2. The first-order chi connectivity index (χ1) is 9.40. The van der Waals surface area contributed by atoms with Gasteiger partial charge >= 0.3 is 6.03 Å². The van der Waals surface area contributed by atoms with Gasteiger partial charge in [0, 0.05) is 12.1 Å². The van der Waals surface area contributed by atoms with Gasteiger partial charge in [0.1, 0.15) is 0 Å². The summed E-state index contributed by atoms with van der Waals surface area (Å²) in [6.07, 6.45) is 0. The third-order valence-electron chi connectivity index (χ3n) is 2.65. The molecule has 2 amide bonds. The first-order valence-corrected chi connectivity index (χ1v) is 5.53. The van der Waals surface area contributed by atoms with Gasteiger partial charge in [-0.2, -0.15) is 0 Å². The number of benzene rings is 2. The molecule has 0 heterocycles. The van der Waals surface area contributed by atoms with Gasteiger partial charge in [0.2, 0.25) is 0 Å². The van der Waals surface area contributed by atoms with Gasteiger partial charge in [-0.25, -0.2) is 4.79 Å². The van der Waals surface area contributed by atoms with Crippen LogP contribution in [0, 0.1) is 0 Å². The lowest BCUT2D eigenvalue weighted by Crippen LogP contribution is -2.31. The van der Waals surface area contributed by atoms with Crippen molar-refractivity contribution in [1.82, 2.24) is 0 Å². The van der Waals surface area contributed by atoms with E-state index >= 15 is 0 Å². The molecule has 0 fully saturated rings. The monoisotopic (exact) mass is 276 g/mol. The van der Waals surface area contributed by atoms with Crippen LogP contribution in [-0.4, -0.2) is 26.5 Å². The number of nitrogens with two attached hydrogens (primary N) is 1. The van der Waals surface area contributed by atoms with E-state index in [1.165, 1.54) is 24.3 Å². The quantitative estimate of drug-likeness (QED) is 0.534. The fraction of sp³-hybridized carbons (Fsp3) is 0. The molecule has 6 N–H and O–H groups in total. The molecular formula is C13H12N2O5. The molecule has 0 radical (unpaired) electrons. The Morgan fingerprint density at radius 3 is 1.50 bits per heavy atom. The van der Waals surface area contributed by atoms with E-state index in [2.05, 4.69) is 0 Å². The number of nitrogens with zero attached hydrogens (tertiary/aromatic N) is 1. The van der Waals surface area contributed by atoms with Crippen molar-refractivity contribution in [3.63, 3.8) is 0 Å². The molecule has 7 heteroatoms. The molecule has 20 heavy (non-hydrogen) atoms. The first kappa shape index (κ1) is 13.3. The predicted octanol–water partition coefficient (Wildman–Crippen LogP) is 1.73. The second-order valence-electron chi connectivity index (χ2n) is 4.02. The van der Waals surface area contributed by atoms with Gasteiger partial charge in [-0.05, 0) is 24.3 Å². The molecule has 2 aromatic carbocycles. The van der Waals surface area contributed by atoms with Gasteiger partial charge in [-0.15, -0.1) is 0 Å². The Labute approximate surface area is 113 Å². The lowest BCUT2D eigenvalue weighted by atomic mass is 10.2. The number of aromatic hydroxyl groups is 4. The van der Waals surface area contributed by atoms with Crippen LogP contribution < -0.4 is 10.6 Å². The largest absolute Gasteiger partial charge is 0.504 e. The lowest BCUT2D eigenvalue weighted by molar-refractivity contribution is 0.256. The van der Waals surface area contributed by atoms with E-state index in [1.54, 1.807) is 0 Å². The molecule has 0 atom stereocenters. The summed E-state index contributed by atoms with van der Waals surface area (Å²) in [5.41, 5.74) is 5.66. The molecule has 0 aliphatic heterocycles. The number of carbonyl (C=O) groups excluding carboxylic acids is 1. The summed E-state index contributed by atoms with van der Waals surface area (Å²) in [6.45, 7) is 0. The number of phenols is 4. The molecule has 0 aliphatic rings. The number of hydrogen-bond donors (Lipinski definition) is 5. The minimum atomic E-state index is -0.861. The van der Waals surface area contributed by atoms with Crippen molar-refractivity contribution in [3.05, 3.63) is 36.4 Å². The average molecular weight is 276 g/mol. The maximum absolute atomic E-state index is 11.6. The molecule has 0 saturated carbocycles. The highest BCUT2D eigenvalue weighted by atomic mass is 16.3. The minimum absolute atomic E-state index is 0.192. The van der Waals surface area contributed by atoms with Gasteiger partial charge in [0.15, 0.2) is 23.0 Å². The summed E-state index contributed by atoms with van der Waals surface area (Å²) in [4.78, 5) is 12.6. The number of rotatable bonds is 2. The lowest BCUT2D eigenvalue weighted by Gasteiger charge is -2.21. The molecule has 7 nitrogen and oxygen atoms in total. The maximum atomic E-state index is 11.6. The minimum Gasteiger partial charge on any atom is -0.504 e. The zero-order valence-corrected chi connectivity index (χ0v) is 10.2. The Morgan fingerprint density at radius 1 is 0.800 bits per heavy atom. The van der Waals surface area contributed by atoms with Crippen molar-refractivity contribution in [3.8, 4) is 23.0 Å². The van der Waals surface area contributed by atoms with Crippen molar-refractivity contribution in [2.24, 2.45) is 5.73 Å². The molecule has 0 saturated heterocycles. The number of hydrogen-bond acceptors (Lipinski definition) is 5. The van der Waals surface area contributed by atoms with Crippen LogP contribution in [0.25, 0.3) is 0 Å². The molecule has 0 aromatic heterocycles. The number of primary amides is 1. The van der Waals surface area contributed by atoms with E-state index in [9.17, 15) is 25.2 Å². The van der Waals surface area contributed by atoms with Crippen molar-refractivity contribution in [2.75, 3.05) is 4.90 Å². The Hall–Kier alpha value is -3.09. The topological polar surface area (TPSA) is 127 Å². The van der Waals surface area contributed by atoms with Gasteiger partial charge in [-0.1, -0.05) is 0 Å². The third-order valence-corrected chi connectivity index (χ3v) is 2.65. The van der Waals surface area contributed by atoms with Crippen LogP contribution in [-0.2, 0) is 0 Å². The van der Waals surface area contributed by atoms with E-state index < -0.39 is 17.5 Å². The van der Waals surface area contributed by atoms with E-state index in [0.717, 1.165) is 17.0 Å². The van der Waals surface area contributed by atoms with Crippen molar-refractivity contribution < 1.29 is 25.2 Å². The third kappa shape index (κ3) is 2.37. The molecule has 0 aliphatic carbocycles. The predicted molar refractivity (Wildman–Crippen MR) is 71.3 cm³/mol.